The minimum absolute atomic E-state index is 0.0467. The van der Waals surface area contributed by atoms with Gasteiger partial charge in [0.05, 0.1) is 10.9 Å². The van der Waals surface area contributed by atoms with Crippen molar-refractivity contribution in [3.8, 4) is 29.2 Å². The Balaban J connectivity index is 1.84. The van der Waals surface area contributed by atoms with Crippen molar-refractivity contribution in [3.05, 3.63) is 75.9 Å². The van der Waals surface area contributed by atoms with Crippen LogP contribution in [0.5, 0.6) is 5.75 Å². The molecule has 0 saturated carbocycles. The predicted molar refractivity (Wildman–Crippen MR) is 137 cm³/mol. The highest BCUT2D eigenvalue weighted by molar-refractivity contribution is 7.81. The average Bonchev–Trinajstić information content (AvgIpc) is 3.20. The fourth-order valence-electron chi connectivity index (χ4n) is 4.63. The van der Waals surface area contributed by atoms with E-state index in [2.05, 4.69) is 15.1 Å². The lowest BCUT2D eigenvalue weighted by molar-refractivity contribution is 0.440. The zero-order chi connectivity index (χ0) is 25.1. The van der Waals surface area contributed by atoms with E-state index in [1.54, 1.807) is 12.1 Å². The van der Waals surface area contributed by atoms with Crippen LogP contribution in [0.3, 0.4) is 0 Å². The van der Waals surface area contributed by atoms with E-state index in [4.69, 9.17) is 6.42 Å². The summed E-state index contributed by atoms with van der Waals surface area (Å²) in [6.07, 6.45) is 5.54. The first kappa shape index (κ1) is 22.7. The van der Waals surface area contributed by atoms with Crippen molar-refractivity contribution < 1.29 is 16.5 Å². The summed E-state index contributed by atoms with van der Waals surface area (Å²) in [5.74, 6) is 2.52. The Bertz CT molecular complexity index is 1880. The van der Waals surface area contributed by atoms with Gasteiger partial charge in [-0.1, -0.05) is 41.9 Å². The smallest absolute Gasteiger partial charge is 0.358 e. The number of hydrogen-bond donors (Lipinski definition) is 1. The third-order valence-electron chi connectivity index (χ3n) is 6.24. The van der Waals surface area contributed by atoms with E-state index in [9.17, 15) is 17.1 Å². The van der Waals surface area contributed by atoms with Gasteiger partial charge in [-0.15, -0.1) is 6.42 Å². The van der Waals surface area contributed by atoms with Crippen molar-refractivity contribution in [1.82, 2.24) is 9.55 Å². The molecule has 5 rings (SSSR count). The second kappa shape index (κ2) is 8.00. The van der Waals surface area contributed by atoms with Gasteiger partial charge in [-0.25, -0.2) is 0 Å². The summed E-state index contributed by atoms with van der Waals surface area (Å²) >= 11 is 0. The third kappa shape index (κ3) is 3.84. The Labute approximate surface area is 201 Å². The number of H-pyrrole nitrogens is 1. The van der Waals surface area contributed by atoms with E-state index in [-0.39, 0.29) is 17.1 Å². The summed E-state index contributed by atoms with van der Waals surface area (Å²) in [5, 5.41) is 1.95. The molecule has 176 valence electrons. The van der Waals surface area contributed by atoms with E-state index in [0.717, 1.165) is 22.0 Å². The molecule has 0 unspecified atom stereocenters. The molecular weight excluding hydrogens is 467 g/mol. The normalized spacial score (nSPS) is 12.0. The van der Waals surface area contributed by atoms with Crippen molar-refractivity contribution in [1.29, 1.82) is 0 Å². The van der Waals surface area contributed by atoms with Crippen molar-refractivity contribution in [2.24, 2.45) is 7.05 Å². The highest BCUT2D eigenvalue weighted by Crippen LogP contribution is 2.36. The van der Waals surface area contributed by atoms with Crippen molar-refractivity contribution in [3.63, 3.8) is 0 Å². The van der Waals surface area contributed by atoms with Gasteiger partial charge in [0, 0.05) is 28.9 Å². The number of nitrogens with one attached hydrogen (secondary N) is 1. The van der Waals surface area contributed by atoms with Gasteiger partial charge in [-0.05, 0) is 59.0 Å². The lowest BCUT2D eigenvalue weighted by Crippen LogP contribution is -2.10. The molecule has 1 N–H and O–H groups in total. The van der Waals surface area contributed by atoms with Crippen LogP contribution in [0.25, 0.3) is 44.0 Å². The second-order valence-corrected chi connectivity index (χ2v) is 9.71. The van der Waals surface area contributed by atoms with E-state index >= 15 is 0 Å². The molecule has 3 aromatic carbocycles. The Morgan fingerprint density at radius 1 is 1.09 bits per heavy atom. The number of hydrogen-bond acceptors (Lipinski definition) is 4. The monoisotopic (exact) mass is 488 g/mol. The van der Waals surface area contributed by atoms with Gasteiger partial charge in [-0.3, -0.25) is 4.79 Å². The number of aromatic amines is 1. The van der Waals surface area contributed by atoms with Crippen LogP contribution < -0.4 is 9.61 Å². The van der Waals surface area contributed by atoms with Crippen molar-refractivity contribution >= 4 is 43.3 Å². The maximum absolute atomic E-state index is 13.7. The number of nitrogens with zero attached hydrogens (tertiary/aromatic N) is 1. The van der Waals surface area contributed by atoms with Crippen LogP contribution in [-0.2, 0) is 17.6 Å². The Kier molecular flexibility index (Phi) is 5.18. The van der Waals surface area contributed by atoms with E-state index in [0.29, 0.717) is 33.1 Å². The van der Waals surface area contributed by atoms with Gasteiger partial charge in [-0.2, -0.15) is 8.42 Å². The molecule has 0 atom stereocenters. The van der Waals surface area contributed by atoms with E-state index in [1.807, 2.05) is 55.8 Å². The first-order chi connectivity index (χ1) is 16.6. The molecule has 6 nitrogen and oxygen atoms in total. The van der Waals surface area contributed by atoms with E-state index in [1.165, 1.54) is 12.1 Å². The highest BCUT2D eigenvalue weighted by Gasteiger charge is 2.19. The summed E-state index contributed by atoms with van der Waals surface area (Å²) < 4.78 is 41.4. The number of benzene rings is 3. The number of rotatable bonds is 4. The highest BCUT2D eigenvalue weighted by atomic mass is 32.3. The molecular formula is C27H21FN2O4S. The molecule has 0 radical (unpaired) electrons. The minimum Gasteiger partial charge on any atom is -0.358 e. The molecule has 5 aromatic rings. The van der Waals surface area contributed by atoms with Crippen LogP contribution >= 0.6 is 0 Å². The lowest BCUT2D eigenvalue weighted by Gasteiger charge is -2.17. The third-order valence-corrected chi connectivity index (χ3v) is 6.64. The van der Waals surface area contributed by atoms with Gasteiger partial charge in [0.25, 0.3) is 0 Å². The fraction of sp³-hybridized carbons (Fsp3) is 0.148. The Hall–Kier alpha value is -4.09. The largest absolute Gasteiger partial charge is 0.488 e. The zero-order valence-electron chi connectivity index (χ0n) is 19.2. The number of aromatic nitrogens is 2. The molecule has 0 bridgehead atoms. The molecule has 0 aliphatic rings. The topological polar surface area (TPSA) is 81.2 Å². The molecule has 0 spiro atoms. The molecule has 35 heavy (non-hydrogen) atoms. The van der Waals surface area contributed by atoms with Crippen LogP contribution in [0, 0.1) is 12.3 Å². The number of fused-ring (bicyclic) bond motifs is 4. The second-order valence-electron chi connectivity index (χ2n) is 8.76. The van der Waals surface area contributed by atoms with Gasteiger partial charge >= 0.3 is 10.5 Å². The number of terminal acetylenes is 1. The van der Waals surface area contributed by atoms with E-state index < -0.39 is 10.5 Å². The van der Waals surface area contributed by atoms with Gasteiger partial charge in [0.1, 0.15) is 11.4 Å². The van der Waals surface area contributed by atoms with Gasteiger partial charge < -0.3 is 13.7 Å². The number of aryl methyl sites for hydroxylation is 1. The van der Waals surface area contributed by atoms with Crippen LogP contribution in [0.4, 0.5) is 3.89 Å². The minimum atomic E-state index is -5.15. The maximum atomic E-state index is 13.7. The molecule has 0 aliphatic heterocycles. The summed E-state index contributed by atoms with van der Waals surface area (Å²) in [7, 11) is -3.28. The molecule has 2 heterocycles. The molecule has 0 fully saturated rings. The van der Waals surface area contributed by atoms with Crippen molar-refractivity contribution in [2.45, 2.75) is 19.8 Å². The molecule has 0 saturated heterocycles. The van der Waals surface area contributed by atoms with Crippen LogP contribution in [0.1, 0.15) is 30.9 Å². The molecule has 0 amide bonds. The summed E-state index contributed by atoms with van der Waals surface area (Å²) in [6, 6.07) is 15.5. The number of halogens is 1. The lowest BCUT2D eigenvalue weighted by atomic mass is 9.90. The standard InChI is InChI=1S/C27H21FN2O4S/c1-5-16-9-10-19-23(11-16)29-27-25(19)26(31)22-13-20(15(2)3)21(14-24(22)30(27)4)17-7-6-8-18(12-17)34-35(28,32)33/h1,6-15,29H,2-4H3. The predicted octanol–water partition coefficient (Wildman–Crippen LogP) is 5.54. The first-order valence-corrected chi connectivity index (χ1v) is 12.2. The molecule has 2 aromatic heterocycles. The maximum Gasteiger partial charge on any atom is 0.488 e. The van der Waals surface area contributed by atoms with Gasteiger partial charge in [0.2, 0.25) is 0 Å². The first-order valence-electron chi connectivity index (χ1n) is 10.9. The van der Waals surface area contributed by atoms with Crippen LogP contribution in [0.15, 0.2) is 59.4 Å². The van der Waals surface area contributed by atoms with Crippen LogP contribution in [-0.4, -0.2) is 18.0 Å². The van der Waals surface area contributed by atoms with Gasteiger partial charge in [0.15, 0.2) is 5.43 Å². The number of pyridine rings is 1. The Morgan fingerprint density at radius 2 is 1.86 bits per heavy atom. The summed E-state index contributed by atoms with van der Waals surface area (Å²) in [4.78, 5) is 17.0. The van der Waals surface area contributed by atoms with Crippen molar-refractivity contribution in [2.75, 3.05) is 0 Å². The SMILES string of the molecule is C#Cc1ccc2c(c1)[nH]c1c2c(=O)c2cc(C(C)C)c(-c3cccc(OS(=O)(=O)F)c3)cc2n1C. The average molecular weight is 489 g/mol. The molecule has 0 aliphatic carbocycles. The Morgan fingerprint density at radius 3 is 2.54 bits per heavy atom. The zero-order valence-corrected chi connectivity index (χ0v) is 20.0. The summed E-state index contributed by atoms with van der Waals surface area (Å²) in [6.45, 7) is 4.01. The quantitative estimate of drug-likeness (QED) is 0.266. The summed E-state index contributed by atoms with van der Waals surface area (Å²) in [5.41, 5.74) is 5.07. The fourth-order valence-corrected chi connectivity index (χ4v) is 4.97. The van der Waals surface area contributed by atoms with Crippen LogP contribution in [0.2, 0.25) is 0 Å². The molecule has 8 heteroatoms.